The van der Waals surface area contributed by atoms with Gasteiger partial charge in [-0.15, -0.1) is 0 Å². The molecule has 4 heteroatoms. The Balaban J connectivity index is 2.71. The van der Waals surface area contributed by atoms with E-state index in [1.54, 1.807) is 4.90 Å². The molecule has 0 spiro atoms. The first-order chi connectivity index (χ1) is 5.97. The van der Waals surface area contributed by atoms with Crippen LogP contribution >= 0.6 is 0 Å². The summed E-state index contributed by atoms with van der Waals surface area (Å²) in [7, 11) is 0. The first-order valence-electron chi connectivity index (χ1n) is 4.40. The Labute approximate surface area is 77.5 Å². The van der Waals surface area contributed by atoms with Crippen molar-refractivity contribution in [1.82, 2.24) is 4.90 Å². The fraction of sp³-hybridized carbons (Fsp3) is 0.778. The largest absolute Gasteiger partial charge is 0.396 e. The van der Waals surface area contributed by atoms with Crippen LogP contribution in [0.15, 0.2) is 0 Å². The summed E-state index contributed by atoms with van der Waals surface area (Å²) in [6.07, 6.45) is 0.529. The third-order valence-electron chi connectivity index (χ3n) is 2.44. The molecule has 1 aliphatic rings. The Morgan fingerprint density at radius 3 is 2.46 bits per heavy atom. The van der Waals surface area contributed by atoms with Crippen LogP contribution in [-0.4, -0.2) is 40.4 Å². The maximum absolute atomic E-state index is 11.3. The lowest BCUT2D eigenvalue weighted by atomic mass is 9.99. The molecule has 1 aliphatic heterocycles. The summed E-state index contributed by atoms with van der Waals surface area (Å²) in [5.74, 6) is -0.153. The van der Waals surface area contributed by atoms with Crippen molar-refractivity contribution in [2.45, 2.75) is 32.2 Å². The molecule has 0 aromatic heterocycles. The highest BCUT2D eigenvalue weighted by molar-refractivity contribution is 6.05. The van der Waals surface area contributed by atoms with Crippen molar-refractivity contribution in [2.75, 3.05) is 13.2 Å². The Morgan fingerprint density at radius 2 is 2.08 bits per heavy atom. The standard InChI is InChI=1S/C9H15NO3/c1-9(2,3-4-11)10-6-7(12)5-8(10)13/h11H,3-6H2,1-2H3. The van der Waals surface area contributed by atoms with Crippen molar-refractivity contribution >= 4 is 11.7 Å². The maximum Gasteiger partial charge on any atom is 0.230 e. The lowest BCUT2D eigenvalue weighted by Crippen LogP contribution is -2.45. The topological polar surface area (TPSA) is 57.6 Å². The van der Waals surface area contributed by atoms with E-state index in [2.05, 4.69) is 0 Å². The second-order valence-corrected chi connectivity index (χ2v) is 3.98. The van der Waals surface area contributed by atoms with Gasteiger partial charge in [0.1, 0.15) is 0 Å². The van der Waals surface area contributed by atoms with Crippen LogP contribution in [0.1, 0.15) is 26.7 Å². The van der Waals surface area contributed by atoms with E-state index in [0.717, 1.165) is 0 Å². The van der Waals surface area contributed by atoms with Crippen molar-refractivity contribution in [2.24, 2.45) is 0 Å². The minimum Gasteiger partial charge on any atom is -0.396 e. The number of carbonyl (C=O) groups excluding carboxylic acids is 2. The molecule has 0 aromatic carbocycles. The zero-order chi connectivity index (χ0) is 10.1. The number of aliphatic hydroxyl groups is 1. The number of amides is 1. The highest BCUT2D eigenvalue weighted by Gasteiger charge is 2.37. The van der Waals surface area contributed by atoms with Gasteiger partial charge in [0.25, 0.3) is 0 Å². The molecule has 0 aromatic rings. The van der Waals surface area contributed by atoms with E-state index in [1.165, 1.54) is 0 Å². The molecule has 1 rings (SSSR count). The second kappa shape index (κ2) is 3.46. The minimum absolute atomic E-state index is 0.0227. The van der Waals surface area contributed by atoms with Gasteiger partial charge in [-0.3, -0.25) is 9.59 Å². The molecule has 0 bridgehead atoms. The highest BCUT2D eigenvalue weighted by atomic mass is 16.3. The summed E-state index contributed by atoms with van der Waals surface area (Å²) >= 11 is 0. The van der Waals surface area contributed by atoms with Crippen LogP contribution in [0.5, 0.6) is 0 Å². The van der Waals surface area contributed by atoms with Crippen LogP contribution in [0.25, 0.3) is 0 Å². The third kappa shape index (κ3) is 2.06. The molecule has 74 valence electrons. The van der Waals surface area contributed by atoms with Gasteiger partial charge in [-0.05, 0) is 20.3 Å². The van der Waals surface area contributed by atoms with Crippen molar-refractivity contribution in [3.8, 4) is 0 Å². The van der Waals surface area contributed by atoms with Gasteiger partial charge in [0.15, 0.2) is 5.78 Å². The van der Waals surface area contributed by atoms with Crippen LogP contribution in [0.2, 0.25) is 0 Å². The van der Waals surface area contributed by atoms with Gasteiger partial charge < -0.3 is 10.0 Å². The molecule has 1 amide bonds. The molecule has 1 saturated heterocycles. The third-order valence-corrected chi connectivity index (χ3v) is 2.44. The fourth-order valence-electron chi connectivity index (χ4n) is 1.54. The molecule has 1 N–H and O–H groups in total. The number of nitrogens with zero attached hydrogens (tertiary/aromatic N) is 1. The summed E-state index contributed by atoms with van der Waals surface area (Å²) in [6.45, 7) is 3.95. The number of carbonyl (C=O) groups is 2. The van der Waals surface area contributed by atoms with E-state index >= 15 is 0 Å². The number of rotatable bonds is 3. The zero-order valence-corrected chi connectivity index (χ0v) is 8.04. The first-order valence-corrected chi connectivity index (χ1v) is 4.40. The van der Waals surface area contributed by atoms with Crippen LogP contribution in [0.3, 0.4) is 0 Å². The SMILES string of the molecule is CC(C)(CCO)N1CC(=O)CC1=O. The predicted octanol–water partition coefficient (Wildman–Crippen LogP) is -0.0512. The van der Waals surface area contributed by atoms with Crippen LogP contribution < -0.4 is 0 Å². The van der Waals surface area contributed by atoms with E-state index in [-0.39, 0.29) is 31.3 Å². The lowest BCUT2D eigenvalue weighted by molar-refractivity contribution is -0.132. The van der Waals surface area contributed by atoms with Crippen molar-refractivity contribution in [1.29, 1.82) is 0 Å². The van der Waals surface area contributed by atoms with E-state index in [9.17, 15) is 9.59 Å². The Kier molecular flexibility index (Phi) is 2.71. The van der Waals surface area contributed by atoms with Crippen LogP contribution in [0, 0.1) is 0 Å². The normalized spacial score (nSPS) is 18.5. The second-order valence-electron chi connectivity index (χ2n) is 3.98. The van der Waals surface area contributed by atoms with Crippen molar-refractivity contribution in [3.63, 3.8) is 0 Å². The monoisotopic (exact) mass is 185 g/mol. The van der Waals surface area contributed by atoms with E-state index in [1.807, 2.05) is 13.8 Å². The predicted molar refractivity (Wildman–Crippen MR) is 47.1 cm³/mol. The van der Waals surface area contributed by atoms with E-state index in [4.69, 9.17) is 5.11 Å². The van der Waals surface area contributed by atoms with Gasteiger partial charge in [0.05, 0.1) is 13.0 Å². The van der Waals surface area contributed by atoms with Crippen molar-refractivity contribution in [3.05, 3.63) is 0 Å². The summed E-state index contributed by atoms with van der Waals surface area (Å²) in [5, 5.41) is 8.79. The lowest BCUT2D eigenvalue weighted by Gasteiger charge is -2.34. The summed E-state index contributed by atoms with van der Waals surface area (Å²) in [4.78, 5) is 23.9. The van der Waals surface area contributed by atoms with E-state index in [0.29, 0.717) is 6.42 Å². The zero-order valence-electron chi connectivity index (χ0n) is 8.04. The number of hydrogen-bond acceptors (Lipinski definition) is 3. The summed E-state index contributed by atoms with van der Waals surface area (Å²) < 4.78 is 0. The van der Waals surface area contributed by atoms with Gasteiger partial charge in [-0.25, -0.2) is 0 Å². The summed E-state index contributed by atoms with van der Waals surface area (Å²) in [5.41, 5.74) is -0.405. The van der Waals surface area contributed by atoms with Crippen LogP contribution in [0.4, 0.5) is 0 Å². The average molecular weight is 185 g/mol. The maximum atomic E-state index is 11.3. The van der Waals surface area contributed by atoms with E-state index < -0.39 is 5.54 Å². The van der Waals surface area contributed by atoms with Gasteiger partial charge in [0, 0.05) is 12.1 Å². The fourth-order valence-corrected chi connectivity index (χ4v) is 1.54. The minimum atomic E-state index is -0.405. The molecule has 4 nitrogen and oxygen atoms in total. The Morgan fingerprint density at radius 1 is 1.46 bits per heavy atom. The number of Topliss-reactive ketones (excluding diaryl/α,β-unsaturated/α-hetero) is 1. The number of likely N-dealkylation sites (tertiary alicyclic amines) is 1. The first kappa shape index (κ1) is 10.2. The van der Waals surface area contributed by atoms with Crippen LogP contribution in [-0.2, 0) is 9.59 Å². The molecular weight excluding hydrogens is 170 g/mol. The van der Waals surface area contributed by atoms with Crippen molar-refractivity contribution < 1.29 is 14.7 Å². The molecule has 13 heavy (non-hydrogen) atoms. The molecule has 0 unspecified atom stereocenters. The van der Waals surface area contributed by atoms with Gasteiger partial charge in [0.2, 0.25) is 5.91 Å². The number of hydrogen-bond donors (Lipinski definition) is 1. The highest BCUT2D eigenvalue weighted by Crippen LogP contribution is 2.23. The Bertz CT molecular complexity index is 235. The molecule has 0 saturated carbocycles. The van der Waals surface area contributed by atoms with Gasteiger partial charge in [-0.1, -0.05) is 0 Å². The smallest absolute Gasteiger partial charge is 0.230 e. The number of ketones is 1. The molecule has 1 fully saturated rings. The average Bonchev–Trinajstić information content (AvgIpc) is 2.30. The molecule has 0 radical (unpaired) electrons. The molecule has 1 heterocycles. The molecule has 0 aliphatic carbocycles. The van der Waals surface area contributed by atoms with Gasteiger partial charge >= 0.3 is 0 Å². The molecular formula is C9H15NO3. The molecule has 0 atom stereocenters. The summed E-state index contributed by atoms with van der Waals surface area (Å²) in [6, 6.07) is 0. The Hall–Kier alpha value is -0.900. The van der Waals surface area contributed by atoms with Gasteiger partial charge in [-0.2, -0.15) is 0 Å². The quantitative estimate of drug-likeness (QED) is 0.627. The number of aliphatic hydroxyl groups excluding tert-OH is 1.